The van der Waals surface area contributed by atoms with Crippen LogP contribution in [0.4, 0.5) is 0 Å². The van der Waals surface area contributed by atoms with Gasteiger partial charge in [-0.25, -0.2) is 0 Å². The van der Waals surface area contributed by atoms with Gasteiger partial charge in [0.15, 0.2) is 0 Å². The molecular formula is C15H10ClNO2. The second-order valence-electron chi connectivity index (χ2n) is 3.91. The largest absolute Gasteiger partial charge is 0.469 e. The third-order valence-electron chi connectivity index (χ3n) is 2.67. The summed E-state index contributed by atoms with van der Waals surface area (Å²) < 4.78 is 5.07. The maximum atomic E-state index is 12.2. The standard InChI is InChI=1S/C15H10ClNO2/c1-10-13(6-7-19-10)15(18)12(9-17)8-11-4-2-3-5-14(11)16/h2-8H,1H3/b12-8+. The molecule has 0 bridgehead atoms. The summed E-state index contributed by atoms with van der Waals surface area (Å²) in [7, 11) is 0. The van der Waals surface area contributed by atoms with E-state index in [0.29, 0.717) is 21.9 Å². The van der Waals surface area contributed by atoms with Crippen LogP contribution in [0.3, 0.4) is 0 Å². The number of rotatable bonds is 3. The van der Waals surface area contributed by atoms with E-state index in [1.165, 1.54) is 12.3 Å². The molecule has 2 aromatic rings. The number of allylic oxidation sites excluding steroid dienone is 1. The Labute approximate surface area is 115 Å². The molecule has 94 valence electrons. The van der Waals surface area contributed by atoms with Crippen molar-refractivity contribution in [1.82, 2.24) is 0 Å². The summed E-state index contributed by atoms with van der Waals surface area (Å²) in [5.41, 5.74) is 1.05. The van der Waals surface area contributed by atoms with Crippen molar-refractivity contribution in [2.45, 2.75) is 6.92 Å². The molecule has 4 heteroatoms. The van der Waals surface area contributed by atoms with Crippen LogP contribution in [0.5, 0.6) is 0 Å². The molecule has 0 aliphatic carbocycles. The van der Waals surface area contributed by atoms with Crippen molar-refractivity contribution < 1.29 is 9.21 Å². The van der Waals surface area contributed by atoms with E-state index in [4.69, 9.17) is 21.3 Å². The van der Waals surface area contributed by atoms with Crippen molar-refractivity contribution in [3.8, 4) is 6.07 Å². The molecule has 0 saturated heterocycles. The minimum Gasteiger partial charge on any atom is -0.469 e. The van der Waals surface area contributed by atoms with Crippen molar-refractivity contribution in [2.24, 2.45) is 0 Å². The van der Waals surface area contributed by atoms with Gasteiger partial charge < -0.3 is 4.42 Å². The Balaban J connectivity index is 2.42. The number of halogens is 1. The maximum Gasteiger partial charge on any atom is 0.207 e. The molecule has 0 fully saturated rings. The Morgan fingerprint density at radius 2 is 2.11 bits per heavy atom. The van der Waals surface area contributed by atoms with Gasteiger partial charge in [0.05, 0.1) is 11.8 Å². The summed E-state index contributed by atoms with van der Waals surface area (Å²) in [4.78, 5) is 12.2. The number of benzene rings is 1. The number of ketones is 1. The minimum atomic E-state index is -0.367. The van der Waals surface area contributed by atoms with Crippen LogP contribution >= 0.6 is 11.6 Å². The molecule has 0 N–H and O–H groups in total. The van der Waals surface area contributed by atoms with Gasteiger partial charge in [-0.15, -0.1) is 0 Å². The van der Waals surface area contributed by atoms with Gasteiger partial charge in [-0.1, -0.05) is 29.8 Å². The lowest BCUT2D eigenvalue weighted by Crippen LogP contribution is -2.02. The molecule has 0 radical (unpaired) electrons. The van der Waals surface area contributed by atoms with Crippen LogP contribution in [0.25, 0.3) is 6.08 Å². The number of nitrogens with zero attached hydrogens (tertiary/aromatic N) is 1. The van der Waals surface area contributed by atoms with Crippen LogP contribution in [0, 0.1) is 18.3 Å². The number of carbonyl (C=O) groups excluding carboxylic acids is 1. The fraction of sp³-hybridized carbons (Fsp3) is 0.0667. The van der Waals surface area contributed by atoms with E-state index in [1.807, 2.05) is 6.07 Å². The molecule has 0 spiro atoms. The van der Waals surface area contributed by atoms with E-state index in [9.17, 15) is 4.79 Å². The predicted octanol–water partition coefficient (Wildman–Crippen LogP) is 4.03. The lowest BCUT2D eigenvalue weighted by Gasteiger charge is -2.00. The van der Waals surface area contributed by atoms with Crippen LogP contribution in [0.1, 0.15) is 21.7 Å². The van der Waals surface area contributed by atoms with E-state index in [-0.39, 0.29) is 11.4 Å². The Morgan fingerprint density at radius 1 is 1.37 bits per heavy atom. The SMILES string of the molecule is Cc1occc1C(=O)/C(C#N)=C/c1ccccc1Cl. The van der Waals surface area contributed by atoms with Crippen molar-refractivity contribution in [3.05, 3.63) is 64.1 Å². The van der Waals surface area contributed by atoms with E-state index >= 15 is 0 Å². The normalized spacial score (nSPS) is 11.1. The molecule has 0 amide bonds. The number of carbonyl (C=O) groups is 1. The molecule has 0 atom stereocenters. The number of nitriles is 1. The quantitative estimate of drug-likeness (QED) is 0.481. The van der Waals surface area contributed by atoms with E-state index in [2.05, 4.69) is 0 Å². The van der Waals surface area contributed by atoms with Gasteiger partial charge in [0.2, 0.25) is 5.78 Å². The number of hydrogen-bond donors (Lipinski definition) is 0. The molecule has 0 aliphatic rings. The van der Waals surface area contributed by atoms with Crippen LogP contribution in [0.2, 0.25) is 5.02 Å². The molecule has 0 saturated carbocycles. The highest BCUT2D eigenvalue weighted by Gasteiger charge is 2.16. The van der Waals surface area contributed by atoms with E-state index in [0.717, 1.165) is 0 Å². The summed E-state index contributed by atoms with van der Waals surface area (Å²) in [5.74, 6) is 0.124. The number of aryl methyl sites for hydroxylation is 1. The Hall–Kier alpha value is -2.31. The summed E-state index contributed by atoms with van der Waals surface area (Å²) in [6.45, 7) is 1.68. The minimum absolute atomic E-state index is 0.0256. The monoisotopic (exact) mass is 271 g/mol. The zero-order chi connectivity index (χ0) is 13.8. The predicted molar refractivity (Wildman–Crippen MR) is 72.8 cm³/mol. The average molecular weight is 272 g/mol. The first-order valence-electron chi connectivity index (χ1n) is 5.58. The van der Waals surface area contributed by atoms with Gasteiger partial charge in [-0.2, -0.15) is 5.26 Å². The summed E-state index contributed by atoms with van der Waals surface area (Å²) >= 11 is 6.00. The van der Waals surface area contributed by atoms with Crippen LogP contribution < -0.4 is 0 Å². The van der Waals surface area contributed by atoms with Gasteiger partial charge in [0.1, 0.15) is 17.4 Å². The van der Waals surface area contributed by atoms with Gasteiger partial charge in [0, 0.05) is 5.02 Å². The topological polar surface area (TPSA) is 54.0 Å². The third-order valence-corrected chi connectivity index (χ3v) is 3.02. The molecule has 3 nitrogen and oxygen atoms in total. The molecule has 2 rings (SSSR count). The zero-order valence-electron chi connectivity index (χ0n) is 10.2. The summed E-state index contributed by atoms with van der Waals surface area (Å²) in [5, 5.41) is 9.62. The zero-order valence-corrected chi connectivity index (χ0v) is 10.9. The lowest BCUT2D eigenvalue weighted by atomic mass is 10.0. The van der Waals surface area contributed by atoms with Crippen molar-refractivity contribution in [1.29, 1.82) is 5.26 Å². The fourth-order valence-corrected chi connectivity index (χ4v) is 1.85. The molecule has 1 heterocycles. The lowest BCUT2D eigenvalue weighted by molar-refractivity contribution is 0.103. The number of Topliss-reactive ketones (excluding diaryl/α,β-unsaturated/α-hetero) is 1. The van der Waals surface area contributed by atoms with Crippen molar-refractivity contribution >= 4 is 23.5 Å². The van der Waals surface area contributed by atoms with Crippen LogP contribution in [-0.2, 0) is 0 Å². The molecule has 0 unspecified atom stereocenters. The van der Waals surface area contributed by atoms with Gasteiger partial charge in [0.25, 0.3) is 0 Å². The van der Waals surface area contributed by atoms with Gasteiger partial charge in [-0.3, -0.25) is 4.79 Å². The number of furan rings is 1. The Kier molecular flexibility index (Phi) is 3.84. The van der Waals surface area contributed by atoms with Crippen LogP contribution in [0.15, 0.2) is 46.6 Å². The second kappa shape index (κ2) is 5.55. The van der Waals surface area contributed by atoms with E-state index < -0.39 is 0 Å². The average Bonchev–Trinajstić information content (AvgIpc) is 2.83. The smallest absolute Gasteiger partial charge is 0.207 e. The first-order valence-corrected chi connectivity index (χ1v) is 5.96. The van der Waals surface area contributed by atoms with Gasteiger partial charge in [-0.05, 0) is 30.7 Å². The van der Waals surface area contributed by atoms with Crippen molar-refractivity contribution in [3.63, 3.8) is 0 Å². The summed E-state index contributed by atoms with van der Waals surface area (Å²) in [6, 6.07) is 10.5. The number of hydrogen-bond acceptors (Lipinski definition) is 3. The maximum absolute atomic E-state index is 12.2. The molecule has 1 aromatic heterocycles. The Morgan fingerprint density at radius 3 is 2.68 bits per heavy atom. The fourth-order valence-electron chi connectivity index (χ4n) is 1.66. The van der Waals surface area contributed by atoms with E-state index in [1.54, 1.807) is 37.3 Å². The first kappa shape index (κ1) is 13.1. The van der Waals surface area contributed by atoms with Gasteiger partial charge >= 0.3 is 0 Å². The Bertz CT molecular complexity index is 692. The summed E-state index contributed by atoms with van der Waals surface area (Å²) in [6.07, 6.45) is 2.91. The highest BCUT2D eigenvalue weighted by molar-refractivity contribution is 6.32. The van der Waals surface area contributed by atoms with Crippen LogP contribution in [-0.4, -0.2) is 5.78 Å². The highest BCUT2D eigenvalue weighted by atomic mass is 35.5. The molecule has 0 aliphatic heterocycles. The molecule has 19 heavy (non-hydrogen) atoms. The second-order valence-corrected chi connectivity index (χ2v) is 4.32. The molecule has 1 aromatic carbocycles. The van der Waals surface area contributed by atoms with Crippen molar-refractivity contribution in [2.75, 3.05) is 0 Å². The third kappa shape index (κ3) is 2.75. The highest BCUT2D eigenvalue weighted by Crippen LogP contribution is 2.21. The molecular weight excluding hydrogens is 262 g/mol. The first-order chi connectivity index (χ1) is 9.13.